The summed E-state index contributed by atoms with van der Waals surface area (Å²) < 4.78 is 1.92. The number of aryl methyl sites for hydroxylation is 2. The van der Waals surface area contributed by atoms with Crippen LogP contribution in [0.3, 0.4) is 0 Å². The van der Waals surface area contributed by atoms with Gasteiger partial charge in [-0.25, -0.2) is 4.98 Å². The molecule has 2 heterocycles. The second kappa shape index (κ2) is 8.26. The van der Waals surface area contributed by atoms with Crippen molar-refractivity contribution in [2.75, 3.05) is 19.6 Å². The SMILES string of the molecule is Cn1cnc(CCC(=O)CC2CCN(CC(O)C(C)(C)C)CC2)c1. The molecule has 1 N–H and O–H groups in total. The Labute approximate surface area is 146 Å². The van der Waals surface area contributed by atoms with E-state index in [1.165, 1.54) is 0 Å². The van der Waals surface area contributed by atoms with Crippen LogP contribution in [0.5, 0.6) is 0 Å². The van der Waals surface area contributed by atoms with Crippen LogP contribution in [0.25, 0.3) is 0 Å². The molecule has 1 atom stereocenters. The fourth-order valence-electron chi connectivity index (χ4n) is 3.18. The molecule has 136 valence electrons. The minimum Gasteiger partial charge on any atom is -0.391 e. The number of piperidine rings is 1. The van der Waals surface area contributed by atoms with Gasteiger partial charge < -0.3 is 14.6 Å². The van der Waals surface area contributed by atoms with E-state index in [4.69, 9.17) is 0 Å². The van der Waals surface area contributed by atoms with Crippen LogP contribution in [-0.2, 0) is 18.3 Å². The van der Waals surface area contributed by atoms with Gasteiger partial charge in [0.2, 0.25) is 0 Å². The highest BCUT2D eigenvalue weighted by atomic mass is 16.3. The van der Waals surface area contributed by atoms with Gasteiger partial charge in [0.05, 0.1) is 18.1 Å². The van der Waals surface area contributed by atoms with Crippen LogP contribution >= 0.6 is 0 Å². The number of hydrogen-bond acceptors (Lipinski definition) is 4. The predicted molar refractivity (Wildman–Crippen MR) is 95.8 cm³/mol. The Hall–Kier alpha value is -1.20. The van der Waals surface area contributed by atoms with Crippen LogP contribution in [-0.4, -0.2) is 51.1 Å². The third kappa shape index (κ3) is 6.02. The maximum absolute atomic E-state index is 12.2. The second-order valence-electron chi connectivity index (χ2n) is 8.40. The molecular weight excluding hydrogens is 302 g/mol. The third-order valence-corrected chi connectivity index (χ3v) is 5.07. The summed E-state index contributed by atoms with van der Waals surface area (Å²) in [5, 5.41) is 10.2. The number of carbonyl (C=O) groups is 1. The van der Waals surface area contributed by atoms with E-state index in [0.717, 1.165) is 44.6 Å². The molecule has 0 aromatic carbocycles. The van der Waals surface area contributed by atoms with E-state index in [1.54, 1.807) is 6.33 Å². The van der Waals surface area contributed by atoms with E-state index in [9.17, 15) is 9.90 Å². The number of ketones is 1. The number of imidazole rings is 1. The molecule has 1 aromatic heterocycles. The van der Waals surface area contributed by atoms with E-state index in [-0.39, 0.29) is 11.5 Å². The summed E-state index contributed by atoms with van der Waals surface area (Å²) in [4.78, 5) is 18.8. The number of nitrogens with zero attached hydrogens (tertiary/aromatic N) is 3. The molecule has 0 saturated carbocycles. The van der Waals surface area contributed by atoms with Gasteiger partial charge in [-0.15, -0.1) is 0 Å². The maximum Gasteiger partial charge on any atom is 0.133 e. The number of β-amino-alcohol motifs (C(OH)–C–C–N with tert-alkyl or cyclic N) is 1. The highest BCUT2D eigenvalue weighted by Crippen LogP contribution is 2.25. The Morgan fingerprint density at radius 1 is 1.38 bits per heavy atom. The topological polar surface area (TPSA) is 58.4 Å². The Kier molecular flexibility index (Phi) is 6.58. The Bertz CT molecular complexity index is 525. The monoisotopic (exact) mass is 335 g/mol. The first-order valence-electron chi connectivity index (χ1n) is 9.13. The minimum absolute atomic E-state index is 0.0711. The molecule has 0 amide bonds. The smallest absolute Gasteiger partial charge is 0.133 e. The van der Waals surface area contributed by atoms with Crippen LogP contribution < -0.4 is 0 Å². The summed E-state index contributed by atoms with van der Waals surface area (Å²) in [7, 11) is 1.95. The molecule has 2 rings (SSSR count). The highest BCUT2D eigenvalue weighted by molar-refractivity contribution is 5.78. The number of likely N-dealkylation sites (tertiary alicyclic amines) is 1. The Morgan fingerprint density at radius 2 is 2.04 bits per heavy atom. The first-order valence-corrected chi connectivity index (χ1v) is 9.13. The first-order chi connectivity index (χ1) is 11.2. The zero-order valence-electron chi connectivity index (χ0n) is 15.7. The van der Waals surface area contributed by atoms with Gasteiger partial charge in [0, 0.05) is 32.6 Å². The normalized spacial score (nSPS) is 18.7. The Morgan fingerprint density at radius 3 is 2.58 bits per heavy atom. The van der Waals surface area contributed by atoms with Crippen molar-refractivity contribution in [1.82, 2.24) is 14.5 Å². The summed E-state index contributed by atoms with van der Waals surface area (Å²) in [5.74, 6) is 0.859. The van der Waals surface area contributed by atoms with Gasteiger partial charge in [-0.1, -0.05) is 20.8 Å². The zero-order valence-corrected chi connectivity index (χ0v) is 15.7. The van der Waals surface area contributed by atoms with Gasteiger partial charge in [-0.3, -0.25) is 4.79 Å². The molecule has 5 heteroatoms. The van der Waals surface area contributed by atoms with Gasteiger partial charge in [-0.05, 0) is 43.7 Å². The van der Waals surface area contributed by atoms with E-state index in [2.05, 4.69) is 30.7 Å². The largest absolute Gasteiger partial charge is 0.391 e. The third-order valence-electron chi connectivity index (χ3n) is 5.07. The molecule has 24 heavy (non-hydrogen) atoms. The summed E-state index contributed by atoms with van der Waals surface area (Å²) in [5.41, 5.74) is 0.926. The van der Waals surface area contributed by atoms with E-state index < -0.39 is 0 Å². The van der Waals surface area contributed by atoms with Gasteiger partial charge in [0.1, 0.15) is 5.78 Å². The van der Waals surface area contributed by atoms with Crippen molar-refractivity contribution in [3.63, 3.8) is 0 Å². The average molecular weight is 335 g/mol. The fourth-order valence-corrected chi connectivity index (χ4v) is 3.18. The van der Waals surface area contributed by atoms with Gasteiger partial charge in [0.25, 0.3) is 0 Å². The summed E-state index contributed by atoms with van der Waals surface area (Å²) >= 11 is 0. The van der Waals surface area contributed by atoms with Crippen molar-refractivity contribution < 1.29 is 9.90 Å². The lowest BCUT2D eigenvalue weighted by Crippen LogP contribution is -2.43. The number of carbonyl (C=O) groups excluding carboxylic acids is 1. The quantitative estimate of drug-likeness (QED) is 0.831. The van der Waals surface area contributed by atoms with Crippen LogP contribution in [0.2, 0.25) is 0 Å². The van der Waals surface area contributed by atoms with E-state index >= 15 is 0 Å². The number of aliphatic hydroxyl groups is 1. The van der Waals surface area contributed by atoms with Gasteiger partial charge >= 0.3 is 0 Å². The molecule has 1 aliphatic rings. The maximum atomic E-state index is 12.2. The number of aliphatic hydroxyl groups excluding tert-OH is 1. The number of hydrogen-bond donors (Lipinski definition) is 1. The summed E-state index contributed by atoms with van der Waals surface area (Å²) in [6.07, 6.45) is 7.62. The minimum atomic E-state index is -0.297. The van der Waals surface area contributed by atoms with Crippen LogP contribution in [0.1, 0.15) is 52.1 Å². The van der Waals surface area contributed by atoms with Crippen molar-refractivity contribution >= 4 is 5.78 Å². The van der Waals surface area contributed by atoms with Crippen LogP contribution in [0.15, 0.2) is 12.5 Å². The van der Waals surface area contributed by atoms with Gasteiger partial charge in [-0.2, -0.15) is 0 Å². The van der Waals surface area contributed by atoms with Crippen molar-refractivity contribution in [1.29, 1.82) is 0 Å². The summed E-state index contributed by atoms with van der Waals surface area (Å²) in [6, 6.07) is 0. The lowest BCUT2D eigenvalue weighted by Gasteiger charge is -2.36. The predicted octanol–water partition coefficient (Wildman–Crippen LogP) is 2.43. The van der Waals surface area contributed by atoms with Gasteiger partial charge in [0.15, 0.2) is 0 Å². The molecule has 0 spiro atoms. The molecule has 1 aliphatic heterocycles. The molecular formula is C19H33N3O2. The number of aromatic nitrogens is 2. The van der Waals surface area contributed by atoms with Crippen molar-refractivity contribution in [3.05, 3.63) is 18.2 Å². The lowest BCUT2D eigenvalue weighted by atomic mass is 9.87. The lowest BCUT2D eigenvalue weighted by molar-refractivity contribution is -0.120. The zero-order chi connectivity index (χ0) is 17.7. The molecule has 5 nitrogen and oxygen atoms in total. The molecule has 0 radical (unpaired) electrons. The van der Waals surface area contributed by atoms with Crippen molar-refractivity contribution in [2.24, 2.45) is 18.4 Å². The summed E-state index contributed by atoms with van der Waals surface area (Å²) in [6.45, 7) is 8.94. The average Bonchev–Trinajstić information content (AvgIpc) is 2.92. The highest BCUT2D eigenvalue weighted by Gasteiger charge is 2.27. The van der Waals surface area contributed by atoms with Crippen LogP contribution in [0.4, 0.5) is 0 Å². The molecule has 0 bridgehead atoms. The molecule has 1 saturated heterocycles. The van der Waals surface area contributed by atoms with E-state index in [1.807, 2.05) is 17.8 Å². The number of Topliss-reactive ketones (excluding diaryl/α,β-unsaturated/α-hetero) is 1. The fraction of sp³-hybridized carbons (Fsp3) is 0.789. The second-order valence-corrected chi connectivity index (χ2v) is 8.40. The number of rotatable bonds is 7. The molecule has 0 aliphatic carbocycles. The Balaban J connectivity index is 1.66. The van der Waals surface area contributed by atoms with Crippen molar-refractivity contribution in [2.45, 2.75) is 59.0 Å². The van der Waals surface area contributed by atoms with E-state index in [0.29, 0.717) is 24.5 Å². The molecule has 1 fully saturated rings. The molecule has 1 aromatic rings. The standard InChI is InChI=1S/C19H33N3O2/c1-19(2,3)18(24)13-22-9-7-15(8-10-22)11-17(23)6-5-16-12-21(4)14-20-16/h12,14-15,18,24H,5-11,13H2,1-4H3. The molecule has 1 unspecified atom stereocenters. The first kappa shape index (κ1) is 19.1. The van der Waals surface area contributed by atoms with Crippen LogP contribution in [0, 0.1) is 11.3 Å². The van der Waals surface area contributed by atoms with Crippen molar-refractivity contribution in [3.8, 4) is 0 Å².